The summed E-state index contributed by atoms with van der Waals surface area (Å²) in [5.74, 6) is 0.556. The predicted octanol–water partition coefficient (Wildman–Crippen LogP) is 6.11. The Morgan fingerprint density at radius 3 is 2.33 bits per heavy atom. The molecule has 3 aromatic rings. The molecule has 0 heteroatoms. The smallest absolute Gasteiger partial charge is 0.00780 e. The molecule has 0 radical (unpaired) electrons. The molecule has 0 bridgehead atoms. The lowest BCUT2D eigenvalue weighted by Gasteiger charge is -2.18. The zero-order valence-electron chi connectivity index (χ0n) is 14.5. The minimum atomic E-state index is 0.556. The summed E-state index contributed by atoms with van der Waals surface area (Å²) >= 11 is 0. The molecule has 1 aliphatic carbocycles. The zero-order chi connectivity index (χ0) is 16.5. The molecule has 120 valence electrons. The summed E-state index contributed by atoms with van der Waals surface area (Å²) in [6.07, 6.45) is 3.35. The molecule has 0 saturated heterocycles. The first kappa shape index (κ1) is 15.2. The first-order valence-electron chi connectivity index (χ1n) is 9.02. The molecule has 0 spiro atoms. The molecule has 1 unspecified atom stereocenters. The van der Waals surface area contributed by atoms with Crippen LogP contribution in [-0.2, 0) is 19.3 Å². The van der Waals surface area contributed by atoms with E-state index in [9.17, 15) is 0 Å². The fourth-order valence-corrected chi connectivity index (χ4v) is 4.13. The monoisotopic (exact) mass is 312 g/mol. The molecule has 1 atom stereocenters. The molecule has 0 fully saturated rings. The maximum atomic E-state index is 2.43. The van der Waals surface area contributed by atoms with Crippen molar-refractivity contribution in [1.29, 1.82) is 0 Å². The van der Waals surface area contributed by atoms with Gasteiger partial charge in [0.1, 0.15) is 0 Å². The van der Waals surface area contributed by atoms with E-state index in [1.807, 2.05) is 0 Å². The Morgan fingerprint density at radius 2 is 1.50 bits per heavy atom. The van der Waals surface area contributed by atoms with Gasteiger partial charge in [-0.25, -0.2) is 0 Å². The van der Waals surface area contributed by atoms with Crippen LogP contribution in [0.25, 0.3) is 11.1 Å². The largest absolute Gasteiger partial charge is 0.0620 e. The number of rotatable bonds is 2. The van der Waals surface area contributed by atoms with Crippen molar-refractivity contribution in [3.8, 4) is 11.1 Å². The summed E-state index contributed by atoms with van der Waals surface area (Å²) in [4.78, 5) is 0. The average Bonchev–Trinajstić information content (AvgIpc) is 2.78. The molecule has 0 amide bonds. The second kappa shape index (κ2) is 6.28. The summed E-state index contributed by atoms with van der Waals surface area (Å²) in [5, 5.41) is 0. The maximum absolute atomic E-state index is 2.43. The van der Waals surface area contributed by atoms with E-state index in [4.69, 9.17) is 0 Å². The van der Waals surface area contributed by atoms with Gasteiger partial charge in [-0.15, -0.1) is 0 Å². The van der Waals surface area contributed by atoms with Crippen LogP contribution in [0.3, 0.4) is 0 Å². The summed E-state index contributed by atoms with van der Waals surface area (Å²) < 4.78 is 0. The van der Waals surface area contributed by atoms with Crippen LogP contribution in [0.2, 0.25) is 0 Å². The third-order valence-electron chi connectivity index (χ3n) is 5.45. The van der Waals surface area contributed by atoms with Gasteiger partial charge in [-0.05, 0) is 71.0 Å². The van der Waals surface area contributed by atoms with E-state index in [0.29, 0.717) is 5.92 Å². The van der Waals surface area contributed by atoms with Crippen LogP contribution in [0, 0.1) is 6.92 Å². The van der Waals surface area contributed by atoms with Gasteiger partial charge in [-0.2, -0.15) is 0 Å². The lowest BCUT2D eigenvalue weighted by atomic mass is 9.86. The summed E-state index contributed by atoms with van der Waals surface area (Å²) in [6, 6.07) is 24.9. The SMILES string of the molecule is CCc1ccc2c(c1)CC(c1ccccc1C)Cc1ccccc1-2. The Bertz CT molecular complexity index is 873. The number of fused-ring (bicyclic) bond motifs is 3. The predicted molar refractivity (Wildman–Crippen MR) is 103 cm³/mol. The molecule has 0 nitrogen and oxygen atoms in total. The topological polar surface area (TPSA) is 0 Å². The highest BCUT2D eigenvalue weighted by molar-refractivity contribution is 5.72. The molecular weight excluding hydrogens is 288 g/mol. The Labute approximate surface area is 145 Å². The number of aryl methyl sites for hydroxylation is 2. The molecule has 0 aliphatic heterocycles. The molecule has 3 aromatic carbocycles. The molecule has 0 saturated carbocycles. The van der Waals surface area contributed by atoms with Gasteiger partial charge in [-0.1, -0.05) is 73.7 Å². The third kappa shape index (κ3) is 2.67. The molecular formula is C24H24. The number of benzene rings is 3. The molecule has 4 rings (SSSR count). The minimum absolute atomic E-state index is 0.556. The molecule has 24 heavy (non-hydrogen) atoms. The van der Waals surface area contributed by atoms with E-state index >= 15 is 0 Å². The summed E-state index contributed by atoms with van der Waals surface area (Å²) in [7, 11) is 0. The van der Waals surface area contributed by atoms with Crippen molar-refractivity contribution in [2.75, 3.05) is 0 Å². The first-order chi connectivity index (χ1) is 11.8. The second-order valence-electron chi connectivity index (χ2n) is 6.96. The van der Waals surface area contributed by atoms with Gasteiger partial charge in [0.15, 0.2) is 0 Å². The van der Waals surface area contributed by atoms with Crippen LogP contribution in [0.5, 0.6) is 0 Å². The standard InChI is InChI=1S/C24H24/c1-3-18-12-13-24-20(14-18)16-21(22-10-6-4-8-17(22)2)15-19-9-5-7-11-23(19)24/h4-14,21H,3,15-16H2,1-2H3. The van der Waals surface area contributed by atoms with Gasteiger partial charge >= 0.3 is 0 Å². The molecule has 0 heterocycles. The van der Waals surface area contributed by atoms with Crippen LogP contribution in [-0.4, -0.2) is 0 Å². The highest BCUT2D eigenvalue weighted by Gasteiger charge is 2.23. The second-order valence-corrected chi connectivity index (χ2v) is 6.96. The normalized spacial score (nSPS) is 16.2. The third-order valence-corrected chi connectivity index (χ3v) is 5.45. The Balaban J connectivity index is 1.89. The molecule has 0 N–H and O–H groups in total. The maximum Gasteiger partial charge on any atom is -0.00780 e. The van der Waals surface area contributed by atoms with Crippen LogP contribution in [0.15, 0.2) is 66.7 Å². The van der Waals surface area contributed by atoms with Gasteiger partial charge in [0.25, 0.3) is 0 Å². The fraction of sp³-hybridized carbons (Fsp3) is 0.250. The van der Waals surface area contributed by atoms with Crippen LogP contribution < -0.4 is 0 Å². The van der Waals surface area contributed by atoms with Crippen molar-refractivity contribution >= 4 is 0 Å². The number of hydrogen-bond donors (Lipinski definition) is 0. The zero-order valence-corrected chi connectivity index (χ0v) is 14.5. The van der Waals surface area contributed by atoms with Gasteiger partial charge in [0, 0.05) is 0 Å². The highest BCUT2D eigenvalue weighted by atomic mass is 14.3. The minimum Gasteiger partial charge on any atom is -0.0620 e. The van der Waals surface area contributed by atoms with Crippen molar-refractivity contribution in [3.63, 3.8) is 0 Å². The number of hydrogen-bond acceptors (Lipinski definition) is 0. The molecule has 0 aromatic heterocycles. The highest BCUT2D eigenvalue weighted by Crippen LogP contribution is 2.39. The van der Waals surface area contributed by atoms with E-state index in [1.165, 1.54) is 38.9 Å². The average molecular weight is 312 g/mol. The van der Waals surface area contributed by atoms with E-state index in [0.717, 1.165) is 19.3 Å². The van der Waals surface area contributed by atoms with Crippen molar-refractivity contribution in [1.82, 2.24) is 0 Å². The van der Waals surface area contributed by atoms with Gasteiger partial charge < -0.3 is 0 Å². The van der Waals surface area contributed by atoms with Gasteiger partial charge in [0.05, 0.1) is 0 Å². The van der Waals surface area contributed by atoms with E-state index in [2.05, 4.69) is 80.6 Å². The van der Waals surface area contributed by atoms with Crippen molar-refractivity contribution in [2.45, 2.75) is 39.0 Å². The quantitative estimate of drug-likeness (QED) is 0.536. The van der Waals surface area contributed by atoms with Crippen molar-refractivity contribution < 1.29 is 0 Å². The molecule has 1 aliphatic rings. The summed E-state index contributed by atoms with van der Waals surface area (Å²) in [5.41, 5.74) is 10.2. The fourth-order valence-electron chi connectivity index (χ4n) is 4.13. The lowest BCUT2D eigenvalue weighted by Crippen LogP contribution is -2.07. The van der Waals surface area contributed by atoms with E-state index in [1.54, 1.807) is 0 Å². The Morgan fingerprint density at radius 1 is 0.792 bits per heavy atom. The van der Waals surface area contributed by atoms with Crippen molar-refractivity contribution in [2.24, 2.45) is 0 Å². The van der Waals surface area contributed by atoms with E-state index < -0.39 is 0 Å². The van der Waals surface area contributed by atoms with Crippen molar-refractivity contribution in [3.05, 3.63) is 94.5 Å². The summed E-state index contributed by atoms with van der Waals surface area (Å²) in [6.45, 7) is 4.49. The van der Waals surface area contributed by atoms with Crippen LogP contribution in [0.4, 0.5) is 0 Å². The first-order valence-corrected chi connectivity index (χ1v) is 9.02. The Hall–Kier alpha value is -2.34. The van der Waals surface area contributed by atoms with Gasteiger partial charge in [0.2, 0.25) is 0 Å². The van der Waals surface area contributed by atoms with Crippen LogP contribution >= 0.6 is 0 Å². The van der Waals surface area contributed by atoms with Crippen LogP contribution in [0.1, 0.15) is 40.7 Å². The van der Waals surface area contributed by atoms with E-state index in [-0.39, 0.29) is 0 Å². The van der Waals surface area contributed by atoms with Gasteiger partial charge in [-0.3, -0.25) is 0 Å². The Kier molecular flexibility index (Phi) is 3.98. The lowest BCUT2D eigenvalue weighted by molar-refractivity contribution is 0.683.